The van der Waals surface area contributed by atoms with Gasteiger partial charge in [-0.1, -0.05) is 30.3 Å². The van der Waals surface area contributed by atoms with E-state index in [9.17, 15) is 25.2 Å². The molecule has 0 spiro atoms. The van der Waals surface area contributed by atoms with Crippen molar-refractivity contribution in [1.29, 1.82) is 0 Å². The molecule has 0 aliphatic carbocycles. The molecule has 1 nitrogen and oxygen atoms in total. The first-order valence-corrected chi connectivity index (χ1v) is 11.6. The van der Waals surface area contributed by atoms with Gasteiger partial charge in [-0.3, -0.25) is 0 Å². The van der Waals surface area contributed by atoms with E-state index < -0.39 is 7.81 Å². The molecular weight excluding hydrogens is 453 g/mol. The average molecular weight is 470 g/mol. The Morgan fingerprint density at radius 2 is 1.07 bits per heavy atom. The second-order valence-corrected chi connectivity index (χ2v) is 9.18. The maximum absolute atomic E-state index is 10.7. The molecule has 0 heterocycles. The van der Waals surface area contributed by atoms with E-state index in [0.29, 0.717) is 5.94 Å². The number of hydrogen-bond donors (Lipinski definition) is 1. The standard InChI is InChI=1S/C19H16OS2.F6P/c21-14-20-17-10-6-15(7-11-17)16-8-12-19(13-9-16)22-18-4-2-1-3-5-18;1-7(2,3,4,5)6/h1-13,21H,14H2;/q;-1/p+1. The van der Waals surface area contributed by atoms with Crippen LogP contribution in [0.4, 0.5) is 25.2 Å². The van der Waals surface area contributed by atoms with Crippen molar-refractivity contribution in [2.75, 3.05) is 5.94 Å². The zero-order valence-electron chi connectivity index (χ0n) is 14.7. The topological polar surface area (TPSA) is 9.23 Å². The maximum Gasteiger partial charge on any atom is 0.158 e. The number of halogens is 6. The summed E-state index contributed by atoms with van der Waals surface area (Å²) >= 11 is 5.29. The van der Waals surface area contributed by atoms with Gasteiger partial charge in [-0.05, 0) is 59.7 Å². The second-order valence-electron chi connectivity index (χ2n) is 5.75. The molecule has 10 heteroatoms. The van der Waals surface area contributed by atoms with Crippen LogP contribution in [0.1, 0.15) is 0 Å². The molecule has 29 heavy (non-hydrogen) atoms. The first-order valence-electron chi connectivity index (χ1n) is 8.07. The first-order chi connectivity index (χ1) is 13.3. The monoisotopic (exact) mass is 470 g/mol. The Morgan fingerprint density at radius 1 is 0.655 bits per heavy atom. The summed E-state index contributed by atoms with van der Waals surface area (Å²) < 4.78 is 64.5. The normalized spacial score (nSPS) is 13.5. The molecule has 0 bridgehead atoms. The van der Waals surface area contributed by atoms with Crippen molar-refractivity contribution in [2.24, 2.45) is 0 Å². The number of thiol groups is 2. The Morgan fingerprint density at radius 3 is 1.52 bits per heavy atom. The third-order valence-corrected chi connectivity index (χ3v) is 4.54. The van der Waals surface area contributed by atoms with Crippen LogP contribution in [-0.2, 0) is 11.8 Å². The van der Waals surface area contributed by atoms with Gasteiger partial charge in [0.2, 0.25) is 0 Å². The van der Waals surface area contributed by atoms with E-state index in [2.05, 4.69) is 73.3 Å². The molecule has 0 aliphatic heterocycles. The summed E-state index contributed by atoms with van der Waals surface area (Å²) in [4.78, 5) is 2.61. The molecule has 3 aromatic carbocycles. The first kappa shape index (κ1) is 23.4. The Kier molecular flexibility index (Phi) is 6.87. The molecule has 0 saturated carbocycles. The van der Waals surface area contributed by atoms with Crippen LogP contribution in [0.15, 0.2) is 88.7 Å². The molecule has 0 aromatic heterocycles. The van der Waals surface area contributed by atoms with Gasteiger partial charge in [-0.2, -0.15) is 0 Å². The molecule has 3 rings (SSSR count). The fourth-order valence-electron chi connectivity index (χ4n) is 2.20. The van der Waals surface area contributed by atoms with Crippen LogP contribution in [0, 0.1) is 0 Å². The number of rotatable bonds is 5. The predicted molar refractivity (Wildman–Crippen MR) is 112 cm³/mol. The van der Waals surface area contributed by atoms with Crippen LogP contribution >= 0.6 is 20.4 Å². The zero-order valence-corrected chi connectivity index (χ0v) is 17.4. The smallest absolute Gasteiger partial charge is 0.158 e. The van der Waals surface area contributed by atoms with Crippen LogP contribution < -0.4 is 4.74 Å². The fraction of sp³-hybridized carbons (Fsp3) is 0.0526. The van der Waals surface area contributed by atoms with Crippen molar-refractivity contribution in [3.8, 4) is 16.9 Å². The molecule has 0 unspecified atom stereocenters. The molecule has 158 valence electrons. The van der Waals surface area contributed by atoms with Gasteiger partial charge in [-0.25, -0.2) is 0 Å². The molecule has 0 amide bonds. The van der Waals surface area contributed by atoms with Crippen LogP contribution in [0.5, 0.6) is 5.75 Å². The van der Waals surface area contributed by atoms with Crippen molar-refractivity contribution in [1.82, 2.24) is 0 Å². The minimum Gasteiger partial charge on any atom is -0.483 e. The average Bonchev–Trinajstić information content (AvgIpc) is 2.62. The number of benzene rings is 3. The SMILES string of the molecule is F[P-](F)(F)(F)(F)F.SCOc1ccc(-c2ccc([SH+]c3ccccc3)cc2)cc1. The van der Waals surface area contributed by atoms with Gasteiger partial charge >= 0.3 is 33.0 Å². The Labute approximate surface area is 173 Å². The van der Waals surface area contributed by atoms with Gasteiger partial charge < -0.3 is 4.74 Å². The Hall–Kier alpha value is -1.83. The molecule has 0 N–H and O–H groups in total. The van der Waals surface area contributed by atoms with E-state index in [1.54, 1.807) is 0 Å². The Bertz CT molecular complexity index is 904. The van der Waals surface area contributed by atoms with Gasteiger partial charge in [-0.15, -0.1) is 12.6 Å². The number of ether oxygens (including phenoxy) is 1. The van der Waals surface area contributed by atoms with Crippen LogP contribution in [-0.4, -0.2) is 5.94 Å². The summed E-state index contributed by atoms with van der Waals surface area (Å²) in [5.41, 5.74) is 2.40. The van der Waals surface area contributed by atoms with Crippen molar-refractivity contribution in [3.05, 3.63) is 78.9 Å². The van der Waals surface area contributed by atoms with Crippen molar-refractivity contribution < 1.29 is 29.9 Å². The van der Waals surface area contributed by atoms with E-state index in [4.69, 9.17) is 4.74 Å². The van der Waals surface area contributed by atoms with Crippen molar-refractivity contribution in [3.63, 3.8) is 0 Å². The Balaban J connectivity index is 0.000000370. The second kappa shape index (κ2) is 8.50. The summed E-state index contributed by atoms with van der Waals surface area (Å²) in [7, 11) is -10.7. The van der Waals surface area contributed by atoms with Gasteiger partial charge in [0.15, 0.2) is 9.79 Å². The van der Waals surface area contributed by atoms with E-state index in [1.807, 2.05) is 18.2 Å². The molecule has 0 atom stereocenters. The van der Waals surface area contributed by atoms with Crippen molar-refractivity contribution in [2.45, 2.75) is 9.79 Å². The summed E-state index contributed by atoms with van der Waals surface area (Å²) in [6.07, 6.45) is 0. The quantitative estimate of drug-likeness (QED) is 0.130. The zero-order chi connectivity index (χ0) is 21.6. The number of hydrogen-bond acceptors (Lipinski definition) is 2. The van der Waals surface area contributed by atoms with E-state index in [-0.39, 0.29) is 0 Å². The molecule has 0 radical (unpaired) electrons. The van der Waals surface area contributed by atoms with Crippen molar-refractivity contribution >= 4 is 32.2 Å². The van der Waals surface area contributed by atoms with Gasteiger partial charge in [0.1, 0.15) is 11.7 Å². The maximum atomic E-state index is 9.87. The molecule has 0 fully saturated rings. The third-order valence-electron chi connectivity index (χ3n) is 3.30. The summed E-state index contributed by atoms with van der Waals surface area (Å²) in [5.74, 6) is 1.24. The van der Waals surface area contributed by atoms with Crippen LogP contribution in [0.2, 0.25) is 0 Å². The third kappa shape index (κ3) is 11.1. The summed E-state index contributed by atoms with van der Waals surface area (Å²) in [6.45, 7) is 0. The summed E-state index contributed by atoms with van der Waals surface area (Å²) in [5, 5.41) is 0. The summed E-state index contributed by atoms with van der Waals surface area (Å²) in [6, 6.07) is 27.3. The van der Waals surface area contributed by atoms with Crippen LogP contribution in [0.25, 0.3) is 11.1 Å². The van der Waals surface area contributed by atoms with E-state index >= 15 is 0 Å². The van der Waals surface area contributed by atoms with Crippen LogP contribution in [0.3, 0.4) is 0 Å². The van der Waals surface area contributed by atoms with Gasteiger partial charge in [0.25, 0.3) is 0 Å². The molecular formula is C19H17F6OPS2. The minimum atomic E-state index is -10.7. The fourth-order valence-corrected chi connectivity index (χ4v) is 3.26. The van der Waals surface area contributed by atoms with E-state index in [1.165, 1.54) is 32.7 Å². The predicted octanol–water partition coefficient (Wildman–Crippen LogP) is 8.24. The molecule has 0 saturated heterocycles. The van der Waals surface area contributed by atoms with E-state index in [0.717, 1.165) is 5.75 Å². The largest absolute Gasteiger partial charge is 0.483 e. The minimum absolute atomic E-state index is 0.395. The van der Waals surface area contributed by atoms with Gasteiger partial charge in [0, 0.05) is 11.8 Å². The molecule has 0 aliphatic rings. The van der Waals surface area contributed by atoms with Gasteiger partial charge in [0.05, 0.1) is 0 Å². The molecule has 3 aromatic rings.